The molecule has 0 amide bonds. The van der Waals surface area contributed by atoms with Gasteiger partial charge in [-0.1, -0.05) is 25.4 Å². The molecule has 3 nitrogen and oxygen atoms in total. The number of hydrogen-bond acceptors (Lipinski definition) is 2. The van der Waals surface area contributed by atoms with Crippen molar-refractivity contribution in [3.05, 3.63) is 29.3 Å². The summed E-state index contributed by atoms with van der Waals surface area (Å²) in [6.07, 6.45) is 1.83. The summed E-state index contributed by atoms with van der Waals surface area (Å²) in [5.41, 5.74) is 0.893. The van der Waals surface area contributed by atoms with Crippen LogP contribution in [0.3, 0.4) is 0 Å². The summed E-state index contributed by atoms with van der Waals surface area (Å²) in [5, 5.41) is 4.20. The van der Waals surface area contributed by atoms with Gasteiger partial charge < -0.3 is 5.32 Å². The minimum atomic E-state index is 0.462. The molecular weight excluding hydrogens is 266 g/mol. The fourth-order valence-electron chi connectivity index (χ4n) is 1.41. The van der Waals surface area contributed by atoms with Crippen molar-refractivity contribution in [2.45, 2.75) is 13.8 Å². The van der Waals surface area contributed by atoms with Crippen LogP contribution in [0, 0.1) is 0 Å². The molecule has 0 unspecified atom stereocenters. The number of nitrogens with one attached hydrogen (secondary N) is 1. The van der Waals surface area contributed by atoms with Crippen molar-refractivity contribution in [1.29, 1.82) is 0 Å². The van der Waals surface area contributed by atoms with E-state index in [1.54, 1.807) is 0 Å². The van der Waals surface area contributed by atoms with Crippen LogP contribution in [0.5, 0.6) is 0 Å². The number of benzene rings is 1. The Balaban J connectivity index is 2.41. The summed E-state index contributed by atoms with van der Waals surface area (Å²) in [7, 11) is 0. The number of thiocarbonyl (C=S) groups is 1. The summed E-state index contributed by atoms with van der Waals surface area (Å²) in [4.78, 5) is 6.46. The van der Waals surface area contributed by atoms with Crippen LogP contribution >= 0.6 is 23.8 Å². The van der Waals surface area contributed by atoms with Gasteiger partial charge in [0.2, 0.25) is 0 Å². The minimum Gasteiger partial charge on any atom is -0.331 e. The zero-order valence-corrected chi connectivity index (χ0v) is 12.3. The highest BCUT2D eigenvalue weighted by atomic mass is 35.5. The summed E-state index contributed by atoms with van der Waals surface area (Å²) in [6, 6.07) is 7.36. The van der Waals surface area contributed by atoms with Gasteiger partial charge in [0.15, 0.2) is 5.11 Å². The zero-order valence-electron chi connectivity index (χ0n) is 10.7. The molecule has 98 valence electrons. The lowest BCUT2D eigenvalue weighted by Crippen LogP contribution is -2.25. The van der Waals surface area contributed by atoms with Crippen LogP contribution in [0.25, 0.3) is 0 Å². The van der Waals surface area contributed by atoms with E-state index in [2.05, 4.69) is 29.1 Å². The lowest BCUT2D eigenvalue weighted by atomic mass is 10.3. The van der Waals surface area contributed by atoms with Crippen molar-refractivity contribution >= 4 is 40.8 Å². The molecule has 0 spiro atoms. The second-order valence-corrected chi connectivity index (χ2v) is 4.56. The number of anilines is 1. The lowest BCUT2D eigenvalue weighted by Gasteiger charge is -2.14. The van der Waals surface area contributed by atoms with Crippen molar-refractivity contribution in [3.63, 3.8) is 0 Å². The molecule has 5 heteroatoms. The van der Waals surface area contributed by atoms with Crippen LogP contribution in [-0.2, 0) is 0 Å². The molecule has 0 aliphatic carbocycles. The first-order valence-electron chi connectivity index (χ1n) is 5.97. The van der Waals surface area contributed by atoms with Crippen LogP contribution in [0.15, 0.2) is 29.3 Å². The van der Waals surface area contributed by atoms with E-state index < -0.39 is 0 Å². The molecule has 1 aromatic carbocycles. The van der Waals surface area contributed by atoms with Gasteiger partial charge in [0.1, 0.15) is 0 Å². The third-order valence-corrected chi connectivity index (χ3v) is 3.00. The highest BCUT2D eigenvalue weighted by Gasteiger charge is 1.97. The summed E-state index contributed by atoms with van der Waals surface area (Å²) in [6.45, 7) is 7.10. The fraction of sp³-hybridized carbons (Fsp3) is 0.385. The van der Waals surface area contributed by atoms with Gasteiger partial charge in [0.25, 0.3) is 0 Å². The Bertz CT molecular complexity index is 399. The van der Waals surface area contributed by atoms with E-state index in [0.717, 1.165) is 25.3 Å². The van der Waals surface area contributed by atoms with Gasteiger partial charge in [-0.05, 0) is 49.6 Å². The van der Waals surface area contributed by atoms with Crippen molar-refractivity contribution in [2.24, 2.45) is 4.99 Å². The third kappa shape index (κ3) is 5.58. The SMILES string of the molecule is CCN(CC)C/C=N/C(=S)Nc1ccc(Cl)cc1. The Kier molecular flexibility index (Phi) is 6.86. The molecule has 1 rings (SSSR count). The second-order valence-electron chi connectivity index (χ2n) is 3.73. The van der Waals surface area contributed by atoms with Crippen LogP contribution in [-0.4, -0.2) is 35.9 Å². The molecule has 0 saturated carbocycles. The first-order chi connectivity index (χ1) is 8.65. The van der Waals surface area contributed by atoms with Crippen LogP contribution < -0.4 is 5.32 Å². The monoisotopic (exact) mass is 283 g/mol. The molecule has 0 radical (unpaired) electrons. The van der Waals surface area contributed by atoms with E-state index in [1.165, 1.54) is 0 Å². The first kappa shape index (κ1) is 15.1. The van der Waals surface area contributed by atoms with E-state index in [9.17, 15) is 0 Å². The molecule has 0 aromatic heterocycles. The van der Waals surface area contributed by atoms with Gasteiger partial charge in [-0.2, -0.15) is 0 Å². The normalized spacial score (nSPS) is 11.1. The van der Waals surface area contributed by atoms with Gasteiger partial charge in [-0.25, -0.2) is 4.99 Å². The third-order valence-electron chi connectivity index (χ3n) is 2.54. The van der Waals surface area contributed by atoms with E-state index in [0.29, 0.717) is 10.1 Å². The summed E-state index contributed by atoms with van der Waals surface area (Å²) < 4.78 is 0. The van der Waals surface area contributed by atoms with E-state index in [1.807, 2.05) is 30.5 Å². The molecule has 1 aromatic rings. The number of rotatable bonds is 5. The maximum Gasteiger partial charge on any atom is 0.196 e. The summed E-state index contributed by atoms with van der Waals surface area (Å²) in [5.74, 6) is 0. The molecule has 0 aliphatic rings. The average Bonchev–Trinajstić information content (AvgIpc) is 2.37. The maximum atomic E-state index is 5.80. The van der Waals surface area contributed by atoms with E-state index in [-0.39, 0.29) is 0 Å². The smallest absolute Gasteiger partial charge is 0.196 e. The molecule has 0 fully saturated rings. The van der Waals surface area contributed by atoms with Crippen LogP contribution in [0.4, 0.5) is 5.69 Å². The molecule has 0 bridgehead atoms. The molecule has 0 aliphatic heterocycles. The van der Waals surface area contributed by atoms with Gasteiger partial charge in [0.05, 0.1) is 0 Å². The van der Waals surface area contributed by atoms with Crippen LogP contribution in [0.1, 0.15) is 13.8 Å². The molecule has 0 heterocycles. The van der Waals surface area contributed by atoms with E-state index in [4.69, 9.17) is 23.8 Å². The second kappa shape index (κ2) is 8.19. The van der Waals surface area contributed by atoms with Gasteiger partial charge in [-0.3, -0.25) is 4.90 Å². The molecule has 0 saturated heterocycles. The topological polar surface area (TPSA) is 27.6 Å². The quantitative estimate of drug-likeness (QED) is 0.662. The van der Waals surface area contributed by atoms with Gasteiger partial charge in [-0.15, -0.1) is 0 Å². The predicted octanol–water partition coefficient (Wildman–Crippen LogP) is 3.45. The average molecular weight is 284 g/mol. The highest BCUT2D eigenvalue weighted by Crippen LogP contribution is 2.13. The number of halogens is 1. The van der Waals surface area contributed by atoms with Gasteiger partial charge >= 0.3 is 0 Å². The Hall–Kier alpha value is -0.970. The van der Waals surface area contributed by atoms with Crippen LogP contribution in [0.2, 0.25) is 5.02 Å². The predicted molar refractivity (Wildman–Crippen MR) is 84.0 cm³/mol. The largest absolute Gasteiger partial charge is 0.331 e. The Morgan fingerprint density at radius 1 is 1.33 bits per heavy atom. The molecule has 1 N–H and O–H groups in total. The van der Waals surface area contributed by atoms with Crippen molar-refractivity contribution in [3.8, 4) is 0 Å². The van der Waals surface area contributed by atoms with E-state index >= 15 is 0 Å². The van der Waals surface area contributed by atoms with Gasteiger partial charge in [0, 0.05) is 23.5 Å². The Labute approximate surface area is 119 Å². The number of nitrogens with zero attached hydrogens (tertiary/aromatic N) is 2. The van der Waals surface area contributed by atoms with Crippen molar-refractivity contribution < 1.29 is 0 Å². The van der Waals surface area contributed by atoms with Crippen molar-refractivity contribution in [2.75, 3.05) is 25.0 Å². The molecule has 18 heavy (non-hydrogen) atoms. The fourth-order valence-corrected chi connectivity index (χ4v) is 1.73. The van der Waals surface area contributed by atoms with Crippen molar-refractivity contribution in [1.82, 2.24) is 4.90 Å². The zero-order chi connectivity index (χ0) is 13.4. The maximum absolute atomic E-state index is 5.80. The Morgan fingerprint density at radius 3 is 2.50 bits per heavy atom. The number of aliphatic imine (C=N–C) groups is 1. The summed E-state index contributed by atoms with van der Waals surface area (Å²) >= 11 is 10.9. The molecular formula is C13H18ClN3S. The minimum absolute atomic E-state index is 0.462. The number of hydrogen-bond donors (Lipinski definition) is 1. The molecule has 0 atom stereocenters. The first-order valence-corrected chi connectivity index (χ1v) is 6.75. The highest BCUT2D eigenvalue weighted by molar-refractivity contribution is 7.80. The lowest BCUT2D eigenvalue weighted by molar-refractivity contribution is 0.350. The Morgan fingerprint density at radius 2 is 1.94 bits per heavy atom. The standard InChI is InChI=1S/C13H18ClN3S/c1-3-17(4-2)10-9-15-13(18)16-12-7-5-11(14)6-8-12/h5-9H,3-4,10H2,1-2H3,(H,16,18)/b15-9+.